The van der Waals surface area contributed by atoms with E-state index in [0.717, 1.165) is 0 Å². The molecule has 2 aromatic rings. The molecule has 2 amide bonds. The number of hydrogen-bond acceptors (Lipinski definition) is 4. The number of ether oxygens (including phenoxy) is 2. The molecule has 3 rings (SSSR count). The van der Waals surface area contributed by atoms with Crippen molar-refractivity contribution in [2.24, 2.45) is 0 Å². The largest absolute Gasteiger partial charge is 0.497 e. The lowest BCUT2D eigenvalue weighted by molar-refractivity contribution is -0.123. The fourth-order valence-corrected chi connectivity index (χ4v) is 2.81. The van der Waals surface area contributed by atoms with Gasteiger partial charge in [-0.2, -0.15) is 0 Å². The number of halogens is 1. The fourth-order valence-electron chi connectivity index (χ4n) is 2.81. The van der Waals surface area contributed by atoms with Crippen LogP contribution in [0.3, 0.4) is 0 Å². The summed E-state index contributed by atoms with van der Waals surface area (Å²) >= 11 is 0. The molecule has 0 spiro atoms. The second-order valence-corrected chi connectivity index (χ2v) is 5.92. The first-order valence-corrected chi connectivity index (χ1v) is 8.17. The zero-order valence-corrected chi connectivity index (χ0v) is 14.3. The smallest absolute Gasteiger partial charge is 0.258 e. The fraction of sp³-hybridized carbons (Fsp3) is 0.263. The van der Waals surface area contributed by atoms with Gasteiger partial charge in [-0.25, -0.2) is 4.39 Å². The number of methoxy groups -OCH3 is 1. The summed E-state index contributed by atoms with van der Waals surface area (Å²) in [7, 11) is 1.55. The summed E-state index contributed by atoms with van der Waals surface area (Å²) in [5.74, 6) is 0.259. The van der Waals surface area contributed by atoms with E-state index < -0.39 is 5.82 Å². The lowest BCUT2D eigenvalue weighted by Gasteiger charge is -2.17. The van der Waals surface area contributed by atoms with Crippen LogP contribution < -0.4 is 19.7 Å². The summed E-state index contributed by atoms with van der Waals surface area (Å²) in [4.78, 5) is 25.7. The Kier molecular flexibility index (Phi) is 5.36. The first-order chi connectivity index (χ1) is 12.5. The Morgan fingerprint density at radius 3 is 2.77 bits per heavy atom. The highest BCUT2D eigenvalue weighted by atomic mass is 19.1. The average Bonchev–Trinajstić information content (AvgIpc) is 3.00. The highest BCUT2D eigenvalue weighted by Crippen LogP contribution is 2.22. The number of nitrogens with zero attached hydrogens (tertiary/aromatic N) is 1. The molecule has 1 N–H and O–H groups in total. The normalized spacial score (nSPS) is 16.5. The predicted octanol–water partition coefficient (Wildman–Crippen LogP) is 2.13. The quantitative estimate of drug-likeness (QED) is 0.859. The summed E-state index contributed by atoms with van der Waals surface area (Å²) < 4.78 is 23.9. The minimum Gasteiger partial charge on any atom is -0.497 e. The molecule has 1 aliphatic rings. The molecular formula is C19H19FN2O4. The standard InChI is InChI=1S/C19H19FN2O4/c1-25-16-6-3-7-17(10-16)26-12-18(23)21-14-9-19(24)22(11-14)15-5-2-4-13(20)8-15/h2-8,10,14H,9,11-12H2,1H3,(H,21,23)/t14-/m1/s1. The Hall–Kier alpha value is -3.09. The molecule has 1 saturated heterocycles. The van der Waals surface area contributed by atoms with Crippen LogP contribution in [0.15, 0.2) is 48.5 Å². The number of nitrogens with one attached hydrogen (secondary N) is 1. The molecule has 1 fully saturated rings. The molecule has 2 aromatic carbocycles. The summed E-state index contributed by atoms with van der Waals surface area (Å²) in [5.41, 5.74) is 0.486. The van der Waals surface area contributed by atoms with E-state index in [-0.39, 0.29) is 30.9 Å². The highest BCUT2D eigenvalue weighted by Gasteiger charge is 2.31. The number of hydrogen-bond donors (Lipinski definition) is 1. The van der Waals surface area contributed by atoms with E-state index in [2.05, 4.69) is 5.32 Å². The van der Waals surface area contributed by atoms with Gasteiger partial charge < -0.3 is 19.7 Å². The molecule has 0 bridgehead atoms. The molecule has 136 valence electrons. The Labute approximate surface area is 150 Å². The summed E-state index contributed by atoms with van der Waals surface area (Å²) in [5, 5.41) is 2.77. The van der Waals surface area contributed by atoms with Crippen LogP contribution in [0.5, 0.6) is 11.5 Å². The van der Waals surface area contributed by atoms with Crippen LogP contribution in [0.4, 0.5) is 10.1 Å². The van der Waals surface area contributed by atoms with Crippen LogP contribution >= 0.6 is 0 Å². The number of rotatable bonds is 6. The van der Waals surface area contributed by atoms with E-state index in [9.17, 15) is 14.0 Å². The molecule has 0 radical (unpaired) electrons. The Morgan fingerprint density at radius 2 is 2.00 bits per heavy atom. The number of carbonyl (C=O) groups excluding carboxylic acids is 2. The van der Waals surface area contributed by atoms with Gasteiger partial charge in [-0.15, -0.1) is 0 Å². The maximum Gasteiger partial charge on any atom is 0.258 e. The van der Waals surface area contributed by atoms with E-state index in [4.69, 9.17) is 9.47 Å². The molecule has 1 aliphatic heterocycles. The molecule has 6 nitrogen and oxygen atoms in total. The van der Waals surface area contributed by atoms with Crippen LogP contribution in [-0.4, -0.2) is 38.1 Å². The van der Waals surface area contributed by atoms with Crippen molar-refractivity contribution in [2.75, 3.05) is 25.2 Å². The van der Waals surface area contributed by atoms with E-state index in [1.54, 1.807) is 43.5 Å². The van der Waals surface area contributed by atoms with Gasteiger partial charge in [0.25, 0.3) is 5.91 Å². The van der Waals surface area contributed by atoms with Gasteiger partial charge >= 0.3 is 0 Å². The maximum atomic E-state index is 13.3. The molecular weight excluding hydrogens is 339 g/mol. The van der Waals surface area contributed by atoms with E-state index >= 15 is 0 Å². The number of carbonyl (C=O) groups is 2. The van der Waals surface area contributed by atoms with Crippen molar-refractivity contribution < 1.29 is 23.5 Å². The van der Waals surface area contributed by atoms with Crippen LogP contribution in [0.2, 0.25) is 0 Å². The monoisotopic (exact) mass is 358 g/mol. The van der Waals surface area contributed by atoms with Gasteiger partial charge in [0.1, 0.15) is 17.3 Å². The van der Waals surface area contributed by atoms with Crippen molar-refractivity contribution in [1.29, 1.82) is 0 Å². The van der Waals surface area contributed by atoms with Crippen molar-refractivity contribution in [2.45, 2.75) is 12.5 Å². The molecule has 0 saturated carbocycles. The van der Waals surface area contributed by atoms with Gasteiger partial charge in [-0.1, -0.05) is 12.1 Å². The van der Waals surface area contributed by atoms with Gasteiger partial charge in [-0.05, 0) is 30.3 Å². The van der Waals surface area contributed by atoms with E-state index in [0.29, 0.717) is 23.7 Å². The van der Waals surface area contributed by atoms with Crippen LogP contribution in [0, 0.1) is 5.82 Å². The maximum absolute atomic E-state index is 13.3. The van der Waals surface area contributed by atoms with Crippen molar-refractivity contribution >= 4 is 17.5 Å². The molecule has 0 aliphatic carbocycles. The minimum atomic E-state index is -0.408. The molecule has 26 heavy (non-hydrogen) atoms. The Balaban J connectivity index is 1.52. The topological polar surface area (TPSA) is 67.9 Å². The molecule has 1 atom stereocenters. The highest BCUT2D eigenvalue weighted by molar-refractivity contribution is 5.96. The minimum absolute atomic E-state index is 0.158. The average molecular weight is 358 g/mol. The first-order valence-electron chi connectivity index (χ1n) is 8.17. The van der Waals surface area contributed by atoms with Crippen LogP contribution in [0.1, 0.15) is 6.42 Å². The third kappa shape index (κ3) is 4.30. The summed E-state index contributed by atoms with van der Waals surface area (Å²) in [6, 6.07) is 12.4. The summed E-state index contributed by atoms with van der Waals surface area (Å²) in [6.45, 7) is 0.130. The van der Waals surface area contributed by atoms with Crippen LogP contribution in [0.25, 0.3) is 0 Å². The van der Waals surface area contributed by atoms with Crippen molar-refractivity contribution in [3.05, 3.63) is 54.3 Å². The number of anilines is 1. The van der Waals surface area contributed by atoms with E-state index in [1.165, 1.54) is 17.0 Å². The zero-order chi connectivity index (χ0) is 18.5. The molecule has 0 unspecified atom stereocenters. The molecule has 0 aromatic heterocycles. The molecule has 7 heteroatoms. The van der Waals surface area contributed by atoms with Gasteiger partial charge in [0.15, 0.2) is 6.61 Å². The van der Waals surface area contributed by atoms with Gasteiger partial charge in [0, 0.05) is 24.7 Å². The SMILES string of the molecule is COc1cccc(OCC(=O)N[C@@H]2CC(=O)N(c3cccc(F)c3)C2)c1. The lowest BCUT2D eigenvalue weighted by atomic mass is 10.2. The Morgan fingerprint density at radius 1 is 1.23 bits per heavy atom. The number of benzene rings is 2. The van der Waals surface area contributed by atoms with Crippen LogP contribution in [-0.2, 0) is 9.59 Å². The number of amides is 2. The van der Waals surface area contributed by atoms with Gasteiger partial charge in [-0.3, -0.25) is 9.59 Å². The third-order valence-corrected chi connectivity index (χ3v) is 4.02. The first kappa shape index (κ1) is 17.7. The van der Waals surface area contributed by atoms with Crippen molar-refractivity contribution in [3.63, 3.8) is 0 Å². The molecule has 1 heterocycles. The zero-order valence-electron chi connectivity index (χ0n) is 14.3. The van der Waals surface area contributed by atoms with Gasteiger partial charge in [0.2, 0.25) is 5.91 Å². The second-order valence-electron chi connectivity index (χ2n) is 5.92. The Bertz CT molecular complexity index is 812. The van der Waals surface area contributed by atoms with Crippen molar-refractivity contribution in [3.8, 4) is 11.5 Å². The summed E-state index contributed by atoms with van der Waals surface area (Å²) in [6.07, 6.45) is 0.168. The van der Waals surface area contributed by atoms with Crippen molar-refractivity contribution in [1.82, 2.24) is 5.32 Å². The third-order valence-electron chi connectivity index (χ3n) is 4.02. The second kappa shape index (κ2) is 7.86. The predicted molar refractivity (Wildman–Crippen MR) is 93.8 cm³/mol. The lowest BCUT2D eigenvalue weighted by Crippen LogP contribution is -2.39. The van der Waals surface area contributed by atoms with Gasteiger partial charge in [0.05, 0.1) is 13.2 Å². The van der Waals surface area contributed by atoms with E-state index in [1.807, 2.05) is 0 Å².